The molecule has 1 aliphatic rings. The number of benzene rings is 1. The van der Waals surface area contributed by atoms with Gasteiger partial charge in [-0.15, -0.1) is 0 Å². The van der Waals surface area contributed by atoms with Crippen LogP contribution in [0.25, 0.3) is 0 Å². The SMILES string of the molecule is CO[C@H]1[C@H](O)[C@@H](C(C)C)N1S(=O)(=O)c1ccc(C)cc1. The van der Waals surface area contributed by atoms with Crippen LogP contribution < -0.4 is 0 Å². The Labute approximate surface area is 120 Å². The quantitative estimate of drug-likeness (QED) is 0.911. The number of hydrogen-bond acceptors (Lipinski definition) is 4. The van der Waals surface area contributed by atoms with Gasteiger partial charge in [-0.25, -0.2) is 8.42 Å². The molecule has 0 radical (unpaired) electrons. The van der Waals surface area contributed by atoms with Crippen molar-refractivity contribution in [1.29, 1.82) is 0 Å². The molecule has 1 aromatic carbocycles. The first kappa shape index (κ1) is 15.4. The second-order valence-electron chi connectivity index (χ2n) is 5.50. The molecular weight excluding hydrogens is 278 g/mol. The molecule has 1 saturated heterocycles. The lowest BCUT2D eigenvalue weighted by Crippen LogP contribution is -2.71. The molecular formula is C14H21NO4S. The molecule has 0 aromatic heterocycles. The molecule has 2 rings (SSSR count). The molecule has 0 amide bonds. The average Bonchev–Trinajstić information content (AvgIpc) is 2.36. The number of aliphatic hydroxyl groups is 1. The van der Waals surface area contributed by atoms with Crippen molar-refractivity contribution in [2.45, 2.75) is 44.0 Å². The third-order valence-corrected chi connectivity index (χ3v) is 5.58. The first-order chi connectivity index (χ1) is 9.30. The lowest BCUT2D eigenvalue weighted by molar-refractivity contribution is -0.194. The van der Waals surface area contributed by atoms with Crippen LogP contribution in [0, 0.1) is 12.8 Å². The fourth-order valence-corrected chi connectivity index (χ4v) is 4.49. The third-order valence-electron chi connectivity index (χ3n) is 3.71. The van der Waals surface area contributed by atoms with Gasteiger partial charge >= 0.3 is 0 Å². The van der Waals surface area contributed by atoms with Crippen molar-refractivity contribution in [3.63, 3.8) is 0 Å². The second kappa shape index (κ2) is 5.44. The van der Waals surface area contributed by atoms with E-state index in [0.29, 0.717) is 0 Å². The van der Waals surface area contributed by atoms with Gasteiger partial charge < -0.3 is 9.84 Å². The summed E-state index contributed by atoms with van der Waals surface area (Å²) in [6.45, 7) is 5.67. The Morgan fingerprint density at radius 1 is 1.25 bits per heavy atom. The van der Waals surface area contributed by atoms with E-state index in [4.69, 9.17) is 4.74 Å². The van der Waals surface area contributed by atoms with E-state index in [9.17, 15) is 13.5 Å². The van der Waals surface area contributed by atoms with Crippen LogP contribution in [0.15, 0.2) is 29.2 Å². The minimum atomic E-state index is -3.66. The largest absolute Gasteiger partial charge is 0.387 e. The number of sulfonamides is 1. The van der Waals surface area contributed by atoms with E-state index in [1.165, 1.54) is 11.4 Å². The van der Waals surface area contributed by atoms with Crippen LogP contribution in [0.3, 0.4) is 0 Å². The number of hydrogen-bond donors (Lipinski definition) is 1. The van der Waals surface area contributed by atoms with E-state index in [1.54, 1.807) is 24.3 Å². The van der Waals surface area contributed by atoms with Crippen LogP contribution in [-0.4, -0.2) is 43.3 Å². The summed E-state index contributed by atoms with van der Waals surface area (Å²) in [5, 5.41) is 10.0. The van der Waals surface area contributed by atoms with Gasteiger partial charge in [0.05, 0.1) is 10.9 Å². The van der Waals surface area contributed by atoms with Crippen molar-refractivity contribution < 1.29 is 18.3 Å². The highest BCUT2D eigenvalue weighted by Gasteiger charge is 2.55. The highest BCUT2D eigenvalue weighted by Crippen LogP contribution is 2.37. The minimum Gasteiger partial charge on any atom is -0.387 e. The van der Waals surface area contributed by atoms with Crippen molar-refractivity contribution in [3.05, 3.63) is 29.8 Å². The second-order valence-corrected chi connectivity index (χ2v) is 7.34. The lowest BCUT2D eigenvalue weighted by Gasteiger charge is -2.51. The van der Waals surface area contributed by atoms with Gasteiger partial charge in [0, 0.05) is 7.11 Å². The summed E-state index contributed by atoms with van der Waals surface area (Å²) < 4.78 is 31.8. The van der Waals surface area contributed by atoms with Gasteiger partial charge in [-0.2, -0.15) is 4.31 Å². The predicted octanol–water partition coefficient (Wildman–Crippen LogP) is 1.36. The number of ether oxygens (including phenoxy) is 1. The minimum absolute atomic E-state index is 0.0108. The zero-order valence-electron chi connectivity index (χ0n) is 12.1. The Morgan fingerprint density at radius 3 is 2.25 bits per heavy atom. The Bertz CT molecular complexity index is 567. The number of aryl methyl sites for hydroxylation is 1. The molecule has 1 aromatic rings. The zero-order valence-corrected chi connectivity index (χ0v) is 13.0. The maximum absolute atomic E-state index is 12.7. The van der Waals surface area contributed by atoms with Gasteiger partial charge in [-0.3, -0.25) is 0 Å². The normalized spacial score (nSPS) is 27.6. The van der Waals surface area contributed by atoms with E-state index in [0.717, 1.165) is 5.56 Å². The topological polar surface area (TPSA) is 66.8 Å². The molecule has 0 unspecified atom stereocenters. The Kier molecular flexibility index (Phi) is 4.20. The van der Waals surface area contributed by atoms with Crippen LogP contribution in [0.1, 0.15) is 19.4 Å². The van der Waals surface area contributed by atoms with Crippen molar-refractivity contribution in [2.75, 3.05) is 7.11 Å². The van der Waals surface area contributed by atoms with Crippen LogP contribution in [-0.2, 0) is 14.8 Å². The first-order valence-corrected chi connectivity index (χ1v) is 8.05. The standard InChI is InChI=1S/C14H21NO4S/c1-9(2)12-13(16)14(19-4)15(12)20(17,18)11-7-5-10(3)6-8-11/h5-9,12-14,16H,1-4H3/t12-,13-,14+/m1/s1. The summed E-state index contributed by atoms with van der Waals surface area (Å²) in [6, 6.07) is 6.23. The van der Waals surface area contributed by atoms with Crippen molar-refractivity contribution in [1.82, 2.24) is 4.31 Å². The Morgan fingerprint density at radius 2 is 1.80 bits per heavy atom. The third kappa shape index (κ3) is 2.37. The summed E-state index contributed by atoms with van der Waals surface area (Å²) >= 11 is 0. The molecule has 1 heterocycles. The van der Waals surface area contributed by atoms with Crippen molar-refractivity contribution >= 4 is 10.0 Å². The van der Waals surface area contributed by atoms with Crippen LogP contribution in [0.2, 0.25) is 0 Å². The van der Waals surface area contributed by atoms with Gasteiger partial charge in [-0.1, -0.05) is 31.5 Å². The molecule has 0 bridgehead atoms. The average molecular weight is 299 g/mol. The molecule has 1 N–H and O–H groups in total. The first-order valence-electron chi connectivity index (χ1n) is 6.61. The van der Waals surface area contributed by atoms with Crippen LogP contribution >= 0.6 is 0 Å². The number of rotatable bonds is 4. The summed E-state index contributed by atoms with van der Waals surface area (Å²) in [5.41, 5.74) is 0.997. The van der Waals surface area contributed by atoms with Gasteiger partial charge in [0.25, 0.3) is 0 Å². The fraction of sp³-hybridized carbons (Fsp3) is 0.571. The van der Waals surface area contributed by atoms with Gasteiger partial charge in [0.2, 0.25) is 10.0 Å². The number of nitrogens with zero attached hydrogens (tertiary/aromatic N) is 1. The maximum Gasteiger partial charge on any atom is 0.245 e. The van der Waals surface area contributed by atoms with E-state index in [-0.39, 0.29) is 10.8 Å². The number of aliphatic hydroxyl groups excluding tert-OH is 1. The fourth-order valence-electron chi connectivity index (χ4n) is 2.60. The lowest BCUT2D eigenvalue weighted by atomic mass is 9.90. The summed E-state index contributed by atoms with van der Waals surface area (Å²) in [5.74, 6) is 0.0108. The Balaban J connectivity index is 2.39. The molecule has 0 spiro atoms. The van der Waals surface area contributed by atoms with E-state index >= 15 is 0 Å². The number of methoxy groups -OCH3 is 1. The van der Waals surface area contributed by atoms with Crippen LogP contribution in [0.5, 0.6) is 0 Å². The summed E-state index contributed by atoms with van der Waals surface area (Å²) in [7, 11) is -2.25. The molecule has 1 fully saturated rings. The molecule has 0 saturated carbocycles. The highest BCUT2D eigenvalue weighted by atomic mass is 32.2. The van der Waals surface area contributed by atoms with E-state index < -0.39 is 28.4 Å². The molecule has 5 nitrogen and oxygen atoms in total. The van der Waals surface area contributed by atoms with Crippen molar-refractivity contribution in [2.24, 2.45) is 5.92 Å². The van der Waals surface area contributed by atoms with Gasteiger partial charge in [0.1, 0.15) is 6.10 Å². The van der Waals surface area contributed by atoms with Crippen molar-refractivity contribution in [3.8, 4) is 0 Å². The zero-order chi connectivity index (χ0) is 15.1. The molecule has 6 heteroatoms. The molecule has 112 valence electrons. The monoisotopic (exact) mass is 299 g/mol. The summed E-state index contributed by atoms with van der Waals surface area (Å²) in [4.78, 5) is 0.225. The molecule has 0 aliphatic carbocycles. The predicted molar refractivity (Wildman–Crippen MR) is 75.6 cm³/mol. The van der Waals surface area contributed by atoms with Gasteiger partial charge in [-0.05, 0) is 25.0 Å². The van der Waals surface area contributed by atoms with E-state index in [2.05, 4.69) is 0 Å². The maximum atomic E-state index is 12.7. The Hall–Kier alpha value is -0.950. The van der Waals surface area contributed by atoms with E-state index in [1.807, 2.05) is 20.8 Å². The molecule has 1 aliphatic heterocycles. The summed E-state index contributed by atoms with van der Waals surface area (Å²) in [6.07, 6.45) is -1.60. The van der Waals surface area contributed by atoms with Crippen LogP contribution in [0.4, 0.5) is 0 Å². The molecule has 3 atom stereocenters. The highest BCUT2D eigenvalue weighted by molar-refractivity contribution is 7.89. The molecule has 20 heavy (non-hydrogen) atoms. The smallest absolute Gasteiger partial charge is 0.245 e. The van der Waals surface area contributed by atoms with Gasteiger partial charge in [0.15, 0.2) is 6.23 Å².